The van der Waals surface area contributed by atoms with Crippen molar-refractivity contribution in [3.05, 3.63) is 41.0 Å². The molecular formula is C20H21ClF3N3O2. The lowest BCUT2D eigenvalue weighted by atomic mass is 10.1. The number of nitrogens with zero attached hydrogens (tertiary/aromatic N) is 3. The molecule has 29 heavy (non-hydrogen) atoms. The number of alkyl halides is 3. The zero-order valence-electron chi connectivity index (χ0n) is 16.3. The molecule has 0 radical (unpaired) electrons. The van der Waals surface area contributed by atoms with Gasteiger partial charge in [0.1, 0.15) is 5.52 Å². The normalized spacial score (nSPS) is 13.1. The Morgan fingerprint density at radius 1 is 1.21 bits per heavy atom. The molecule has 0 bridgehead atoms. The number of pyridine rings is 1. The number of imidazole rings is 1. The molecule has 0 saturated heterocycles. The number of benzene rings is 1. The fourth-order valence-electron chi connectivity index (χ4n) is 3.35. The monoisotopic (exact) mass is 427 g/mol. The SMILES string of the molecule is CCC(CCOC)n1c(OC)nc2c(-c3ccc(C(F)(F)F)cc3Cl)nccc21. The van der Waals surface area contributed by atoms with Crippen LogP contribution in [0.4, 0.5) is 13.2 Å². The molecule has 0 aliphatic rings. The Morgan fingerprint density at radius 3 is 2.55 bits per heavy atom. The van der Waals surface area contributed by atoms with Crippen LogP contribution in [0.25, 0.3) is 22.3 Å². The zero-order valence-corrected chi connectivity index (χ0v) is 17.0. The van der Waals surface area contributed by atoms with Crippen molar-refractivity contribution < 1.29 is 22.6 Å². The van der Waals surface area contributed by atoms with Crippen LogP contribution in [-0.2, 0) is 10.9 Å². The van der Waals surface area contributed by atoms with E-state index in [2.05, 4.69) is 16.9 Å². The molecule has 9 heteroatoms. The van der Waals surface area contributed by atoms with Crippen LogP contribution in [0.15, 0.2) is 30.5 Å². The maximum atomic E-state index is 13.0. The average molecular weight is 428 g/mol. The molecule has 1 aromatic carbocycles. The van der Waals surface area contributed by atoms with E-state index in [0.29, 0.717) is 29.4 Å². The Hall–Kier alpha value is -2.32. The summed E-state index contributed by atoms with van der Waals surface area (Å²) in [6.45, 7) is 2.63. The molecule has 0 spiro atoms. The van der Waals surface area contributed by atoms with Gasteiger partial charge in [0, 0.05) is 31.5 Å². The lowest BCUT2D eigenvalue weighted by Gasteiger charge is -2.19. The van der Waals surface area contributed by atoms with Crippen molar-refractivity contribution in [2.24, 2.45) is 0 Å². The summed E-state index contributed by atoms with van der Waals surface area (Å²) in [5.74, 6) is 0. The first-order valence-corrected chi connectivity index (χ1v) is 9.46. The van der Waals surface area contributed by atoms with Crippen molar-refractivity contribution >= 4 is 22.6 Å². The second-order valence-corrected chi connectivity index (χ2v) is 6.94. The minimum Gasteiger partial charge on any atom is -0.468 e. The highest BCUT2D eigenvalue weighted by Gasteiger charge is 2.31. The van der Waals surface area contributed by atoms with Gasteiger partial charge >= 0.3 is 6.18 Å². The molecule has 1 atom stereocenters. The van der Waals surface area contributed by atoms with Crippen molar-refractivity contribution in [2.75, 3.05) is 20.8 Å². The molecular weight excluding hydrogens is 407 g/mol. The number of ether oxygens (including phenoxy) is 2. The highest BCUT2D eigenvalue weighted by atomic mass is 35.5. The molecule has 2 aromatic heterocycles. The van der Waals surface area contributed by atoms with Gasteiger partial charge in [-0.3, -0.25) is 9.55 Å². The topological polar surface area (TPSA) is 49.2 Å². The summed E-state index contributed by atoms with van der Waals surface area (Å²) in [6, 6.07) is 5.50. The van der Waals surface area contributed by atoms with Gasteiger partial charge in [0.05, 0.1) is 28.9 Å². The average Bonchev–Trinajstić information content (AvgIpc) is 3.07. The number of aromatic nitrogens is 3. The number of hydrogen-bond donors (Lipinski definition) is 0. The van der Waals surface area contributed by atoms with Gasteiger partial charge < -0.3 is 9.47 Å². The van der Waals surface area contributed by atoms with Crippen molar-refractivity contribution in [3.63, 3.8) is 0 Å². The lowest BCUT2D eigenvalue weighted by Crippen LogP contribution is -2.12. The highest BCUT2D eigenvalue weighted by molar-refractivity contribution is 6.33. The Morgan fingerprint density at radius 2 is 1.97 bits per heavy atom. The predicted molar refractivity (Wildman–Crippen MR) is 105 cm³/mol. The largest absolute Gasteiger partial charge is 0.468 e. The van der Waals surface area contributed by atoms with E-state index in [1.807, 2.05) is 10.6 Å². The van der Waals surface area contributed by atoms with E-state index in [-0.39, 0.29) is 11.1 Å². The standard InChI is InChI=1S/C20H21ClF3N3O2/c1-4-13(8-10-28-2)27-16-7-9-25-17(18(16)26-19(27)29-3)14-6-5-12(11-15(14)21)20(22,23)24/h5-7,9,11,13H,4,8,10H2,1-3H3. The Balaban J connectivity index is 2.17. The quantitative estimate of drug-likeness (QED) is 0.480. The van der Waals surface area contributed by atoms with Gasteiger partial charge in [0.15, 0.2) is 0 Å². The molecule has 0 saturated carbocycles. The van der Waals surface area contributed by atoms with E-state index in [9.17, 15) is 13.2 Å². The molecule has 0 aliphatic heterocycles. The van der Waals surface area contributed by atoms with Crippen LogP contribution in [0.3, 0.4) is 0 Å². The fraction of sp³-hybridized carbons (Fsp3) is 0.400. The van der Waals surface area contributed by atoms with Crippen molar-refractivity contribution in [1.29, 1.82) is 0 Å². The summed E-state index contributed by atoms with van der Waals surface area (Å²) >= 11 is 6.19. The second-order valence-electron chi connectivity index (χ2n) is 6.53. The summed E-state index contributed by atoms with van der Waals surface area (Å²) in [5, 5.41) is -0.0419. The molecule has 3 rings (SSSR count). The third-order valence-corrected chi connectivity index (χ3v) is 5.11. The molecule has 0 aliphatic carbocycles. The predicted octanol–water partition coefficient (Wildman–Crippen LogP) is 5.77. The molecule has 0 N–H and O–H groups in total. The van der Waals surface area contributed by atoms with E-state index in [4.69, 9.17) is 21.1 Å². The number of rotatable bonds is 7. The van der Waals surface area contributed by atoms with Gasteiger partial charge in [-0.1, -0.05) is 24.6 Å². The van der Waals surface area contributed by atoms with Crippen molar-refractivity contribution in [3.8, 4) is 17.3 Å². The molecule has 156 valence electrons. The fourth-order valence-corrected chi connectivity index (χ4v) is 3.62. The summed E-state index contributed by atoms with van der Waals surface area (Å²) in [7, 11) is 3.17. The molecule has 2 heterocycles. The van der Waals surface area contributed by atoms with Gasteiger partial charge in [-0.25, -0.2) is 0 Å². The first kappa shape index (κ1) is 21.4. The summed E-state index contributed by atoms with van der Waals surface area (Å²) < 4.78 is 51.6. The van der Waals surface area contributed by atoms with Crippen molar-refractivity contribution in [1.82, 2.24) is 14.5 Å². The number of halogens is 4. The van der Waals surface area contributed by atoms with E-state index >= 15 is 0 Å². The maximum absolute atomic E-state index is 13.0. The molecule has 3 aromatic rings. The third kappa shape index (κ3) is 4.18. The Bertz CT molecular complexity index is 1000. The smallest absolute Gasteiger partial charge is 0.416 e. The van der Waals surface area contributed by atoms with E-state index in [1.165, 1.54) is 13.2 Å². The minimum absolute atomic E-state index is 0.0419. The summed E-state index contributed by atoms with van der Waals surface area (Å²) in [4.78, 5) is 8.90. The van der Waals surface area contributed by atoms with Gasteiger partial charge in [0.2, 0.25) is 0 Å². The first-order valence-electron chi connectivity index (χ1n) is 9.08. The molecule has 1 unspecified atom stereocenters. The number of methoxy groups -OCH3 is 2. The molecule has 0 fully saturated rings. The van der Waals surface area contributed by atoms with E-state index in [0.717, 1.165) is 30.5 Å². The van der Waals surface area contributed by atoms with Gasteiger partial charge in [-0.15, -0.1) is 0 Å². The minimum atomic E-state index is -4.47. The van der Waals surface area contributed by atoms with E-state index < -0.39 is 11.7 Å². The number of hydrogen-bond acceptors (Lipinski definition) is 4. The van der Waals surface area contributed by atoms with Gasteiger partial charge in [0.25, 0.3) is 6.01 Å². The highest BCUT2D eigenvalue weighted by Crippen LogP contribution is 2.38. The Labute approximate surface area is 171 Å². The van der Waals surface area contributed by atoms with Crippen LogP contribution >= 0.6 is 11.6 Å². The van der Waals surface area contributed by atoms with Gasteiger partial charge in [-0.05, 0) is 31.0 Å². The van der Waals surface area contributed by atoms with Crippen LogP contribution in [0.1, 0.15) is 31.4 Å². The molecule has 5 nitrogen and oxygen atoms in total. The summed E-state index contributed by atoms with van der Waals surface area (Å²) in [5.41, 5.74) is 1.25. The number of fused-ring (bicyclic) bond motifs is 1. The second kappa shape index (κ2) is 8.59. The van der Waals surface area contributed by atoms with Crippen LogP contribution < -0.4 is 4.74 Å². The van der Waals surface area contributed by atoms with Crippen LogP contribution in [0.5, 0.6) is 6.01 Å². The van der Waals surface area contributed by atoms with Gasteiger partial charge in [-0.2, -0.15) is 18.2 Å². The first-order chi connectivity index (χ1) is 13.8. The summed E-state index contributed by atoms with van der Waals surface area (Å²) in [6.07, 6.45) is -1.30. The van der Waals surface area contributed by atoms with Crippen LogP contribution in [0.2, 0.25) is 5.02 Å². The third-order valence-electron chi connectivity index (χ3n) is 4.80. The Kier molecular flexibility index (Phi) is 6.33. The molecule has 0 amide bonds. The zero-order chi connectivity index (χ0) is 21.2. The van der Waals surface area contributed by atoms with Crippen LogP contribution in [0, 0.1) is 0 Å². The lowest BCUT2D eigenvalue weighted by molar-refractivity contribution is -0.137. The maximum Gasteiger partial charge on any atom is 0.416 e. The van der Waals surface area contributed by atoms with Crippen LogP contribution in [-0.4, -0.2) is 35.4 Å². The van der Waals surface area contributed by atoms with E-state index in [1.54, 1.807) is 13.3 Å². The van der Waals surface area contributed by atoms with Crippen molar-refractivity contribution in [2.45, 2.75) is 32.0 Å².